The van der Waals surface area contributed by atoms with Gasteiger partial charge in [-0.3, -0.25) is 14.5 Å². The van der Waals surface area contributed by atoms with E-state index < -0.39 is 36.3 Å². The summed E-state index contributed by atoms with van der Waals surface area (Å²) in [5.41, 5.74) is 3.42. The van der Waals surface area contributed by atoms with Gasteiger partial charge in [-0.1, -0.05) is 12.5 Å². The van der Waals surface area contributed by atoms with E-state index in [1.54, 1.807) is 0 Å². The topological polar surface area (TPSA) is 82.5 Å². The van der Waals surface area contributed by atoms with Gasteiger partial charge in [-0.2, -0.15) is 18.2 Å². The fourth-order valence-corrected chi connectivity index (χ4v) is 5.78. The first-order valence-electron chi connectivity index (χ1n) is 13.8. The number of alkyl halides is 3. The molecule has 3 aromatic rings. The van der Waals surface area contributed by atoms with Gasteiger partial charge in [0.2, 0.25) is 11.5 Å². The molecule has 5 rings (SSSR count). The number of aromatic amines is 1. The van der Waals surface area contributed by atoms with Crippen molar-refractivity contribution in [2.24, 2.45) is 10.9 Å². The third-order valence-electron chi connectivity index (χ3n) is 7.85. The molecule has 2 aromatic carbocycles. The summed E-state index contributed by atoms with van der Waals surface area (Å²) >= 11 is 0. The zero-order valence-electron chi connectivity index (χ0n) is 22.1. The van der Waals surface area contributed by atoms with Crippen LogP contribution in [0.2, 0.25) is 0 Å². The van der Waals surface area contributed by atoms with Crippen molar-refractivity contribution in [2.45, 2.75) is 63.7 Å². The monoisotopic (exact) mass is 559 g/mol. The molecule has 0 radical (unpaired) electrons. The Hall–Kier alpha value is -3.47. The number of hydrogen-bond donors (Lipinski definition) is 2. The van der Waals surface area contributed by atoms with E-state index in [1.165, 1.54) is 43.5 Å². The average molecular weight is 560 g/mol. The van der Waals surface area contributed by atoms with Crippen LogP contribution in [0.15, 0.2) is 47.5 Å². The lowest BCUT2D eigenvalue weighted by atomic mass is 9.85. The summed E-state index contributed by atoms with van der Waals surface area (Å²) in [5.74, 6) is -2.05. The molecule has 0 bridgehead atoms. The zero-order valence-corrected chi connectivity index (χ0v) is 22.1. The molecule has 11 heteroatoms. The lowest BCUT2D eigenvalue weighted by Gasteiger charge is -2.29. The van der Waals surface area contributed by atoms with Gasteiger partial charge in [-0.05, 0) is 93.6 Å². The summed E-state index contributed by atoms with van der Waals surface area (Å²) in [6.07, 6.45) is 1.10. The highest BCUT2D eigenvalue weighted by Crippen LogP contribution is 2.34. The number of likely N-dealkylation sites (tertiary alicyclic amines) is 1. The first-order valence-corrected chi connectivity index (χ1v) is 13.8. The molecule has 2 N–H and O–H groups in total. The van der Waals surface area contributed by atoms with Gasteiger partial charge in [0.05, 0.1) is 11.0 Å². The average Bonchev–Trinajstić information content (AvgIpc) is 3.29. The highest BCUT2D eigenvalue weighted by Gasteiger charge is 2.32. The van der Waals surface area contributed by atoms with Crippen LogP contribution in [0, 0.1) is 11.7 Å². The predicted octanol–water partition coefficient (Wildman–Crippen LogP) is 5.25. The van der Waals surface area contributed by atoms with Crippen molar-refractivity contribution in [1.29, 1.82) is 0 Å². The fourth-order valence-electron chi connectivity index (χ4n) is 5.78. The van der Waals surface area contributed by atoms with E-state index in [4.69, 9.17) is 0 Å². The van der Waals surface area contributed by atoms with Crippen LogP contribution in [-0.2, 0) is 11.3 Å². The number of carbonyl (C=O) groups excluding carboxylic acids is 2. The van der Waals surface area contributed by atoms with Crippen LogP contribution in [0.5, 0.6) is 0 Å². The number of benzene rings is 2. The summed E-state index contributed by atoms with van der Waals surface area (Å²) in [6, 6.07) is 11.2. The van der Waals surface area contributed by atoms with Gasteiger partial charge in [0.15, 0.2) is 0 Å². The number of H-pyrrole nitrogens is 1. The number of halogens is 4. The Bertz CT molecular complexity index is 1410. The van der Waals surface area contributed by atoms with Crippen molar-refractivity contribution in [3.8, 4) is 0 Å². The molecule has 1 saturated heterocycles. The fraction of sp³-hybridized carbons (Fsp3) is 0.483. The van der Waals surface area contributed by atoms with E-state index in [2.05, 4.69) is 27.0 Å². The van der Waals surface area contributed by atoms with Gasteiger partial charge < -0.3 is 14.9 Å². The number of carbonyl (C=O) groups is 2. The van der Waals surface area contributed by atoms with Gasteiger partial charge >= 0.3 is 6.18 Å². The number of nitrogens with zero attached hydrogens (tertiary/aromatic N) is 3. The summed E-state index contributed by atoms with van der Waals surface area (Å²) in [6.45, 7) is 1.59. The normalized spacial score (nSPS) is 21.1. The molecule has 2 amide bonds. The first kappa shape index (κ1) is 28.1. The molecule has 7 nitrogen and oxygen atoms in total. The van der Waals surface area contributed by atoms with Crippen LogP contribution in [0.3, 0.4) is 0 Å². The van der Waals surface area contributed by atoms with Crippen molar-refractivity contribution in [3.63, 3.8) is 0 Å². The molecule has 2 heterocycles. The van der Waals surface area contributed by atoms with Crippen LogP contribution in [0.4, 0.5) is 17.6 Å². The Balaban J connectivity index is 1.44. The van der Waals surface area contributed by atoms with Gasteiger partial charge in [-0.15, -0.1) is 0 Å². The number of fused-ring (bicyclic) bond motifs is 1. The number of imidazole rings is 1. The molecule has 0 spiro atoms. The zero-order chi connectivity index (χ0) is 28.3. The van der Waals surface area contributed by atoms with E-state index in [0.29, 0.717) is 31.3 Å². The summed E-state index contributed by atoms with van der Waals surface area (Å²) in [4.78, 5) is 35.4. The van der Waals surface area contributed by atoms with E-state index in [1.807, 2.05) is 16.0 Å². The molecule has 1 saturated carbocycles. The van der Waals surface area contributed by atoms with Crippen molar-refractivity contribution in [1.82, 2.24) is 19.8 Å². The molecule has 1 aromatic heterocycles. The first-order chi connectivity index (χ1) is 19.2. The third kappa shape index (κ3) is 6.80. The van der Waals surface area contributed by atoms with E-state index in [0.717, 1.165) is 36.2 Å². The number of aromatic nitrogens is 2. The van der Waals surface area contributed by atoms with Crippen LogP contribution in [0.1, 0.15) is 66.9 Å². The van der Waals surface area contributed by atoms with Crippen LogP contribution in [0.25, 0.3) is 11.0 Å². The molecular weight excluding hydrogens is 526 g/mol. The van der Waals surface area contributed by atoms with E-state index >= 15 is 0 Å². The molecule has 214 valence electrons. The molecule has 40 heavy (non-hydrogen) atoms. The van der Waals surface area contributed by atoms with E-state index in [-0.39, 0.29) is 11.6 Å². The number of hydrogen-bond acceptors (Lipinski definition) is 3. The highest BCUT2D eigenvalue weighted by molar-refractivity contribution is 5.95. The minimum Gasteiger partial charge on any atom is -0.347 e. The van der Waals surface area contributed by atoms with E-state index in [9.17, 15) is 27.2 Å². The third-order valence-corrected chi connectivity index (χ3v) is 7.85. The SMILES string of the molecule is O=C(/N=c1\[nH]c2ccc(CN3CCCCC3)cc2n1[C@H]1CC[C@@H](C(=O)NCC(F)(F)F)CC1)c1ccc(F)cc1. The Morgan fingerprint density at radius 2 is 1.68 bits per heavy atom. The second-order valence-corrected chi connectivity index (χ2v) is 10.8. The maximum atomic E-state index is 13.4. The molecule has 1 aliphatic heterocycles. The Kier molecular flexibility index (Phi) is 8.39. The smallest absolute Gasteiger partial charge is 0.347 e. The molecule has 0 unspecified atom stereocenters. The Labute approximate surface area is 229 Å². The van der Waals surface area contributed by atoms with Crippen molar-refractivity contribution in [3.05, 3.63) is 65.0 Å². The van der Waals surface area contributed by atoms with Gasteiger partial charge in [0.25, 0.3) is 5.91 Å². The van der Waals surface area contributed by atoms with Crippen molar-refractivity contribution < 1.29 is 27.2 Å². The molecule has 2 fully saturated rings. The second kappa shape index (κ2) is 12.0. The number of piperidine rings is 1. The molecule has 1 aliphatic carbocycles. The minimum absolute atomic E-state index is 0.106. The predicted molar refractivity (Wildman–Crippen MR) is 142 cm³/mol. The van der Waals surface area contributed by atoms with Crippen LogP contribution < -0.4 is 10.9 Å². The lowest BCUT2D eigenvalue weighted by Crippen LogP contribution is -2.39. The van der Waals surface area contributed by atoms with Gasteiger partial charge in [-0.25, -0.2) is 4.39 Å². The summed E-state index contributed by atoms with van der Waals surface area (Å²) < 4.78 is 53.1. The summed E-state index contributed by atoms with van der Waals surface area (Å²) in [5, 5.41) is 2.01. The van der Waals surface area contributed by atoms with Crippen molar-refractivity contribution in [2.75, 3.05) is 19.6 Å². The number of nitrogens with one attached hydrogen (secondary N) is 2. The molecular formula is C29H33F4N5O2. The maximum Gasteiger partial charge on any atom is 0.405 e. The Morgan fingerprint density at radius 1 is 0.975 bits per heavy atom. The van der Waals surface area contributed by atoms with Crippen molar-refractivity contribution >= 4 is 22.8 Å². The minimum atomic E-state index is -4.45. The maximum absolute atomic E-state index is 13.4. The standard InChI is InChI=1S/C29H33F4N5O2/c30-22-9-5-21(6-10-22)27(40)36-28-35-24-13-4-19(17-37-14-2-1-3-15-37)16-25(24)38(28)23-11-7-20(8-12-23)26(39)34-18-29(31,32)33/h4-6,9-10,13,16,20,23H,1-3,7-8,11-12,14-15,17-18H2,(H,34,39)(H,35,36,40)/t20-,23+. The molecule has 0 atom stereocenters. The Morgan fingerprint density at radius 3 is 2.35 bits per heavy atom. The largest absolute Gasteiger partial charge is 0.405 e. The summed E-state index contributed by atoms with van der Waals surface area (Å²) in [7, 11) is 0. The number of amides is 2. The lowest BCUT2D eigenvalue weighted by molar-refractivity contribution is -0.141. The quantitative estimate of drug-likeness (QED) is 0.405. The van der Waals surface area contributed by atoms with Crippen LogP contribution >= 0.6 is 0 Å². The van der Waals surface area contributed by atoms with Gasteiger partial charge in [0, 0.05) is 24.1 Å². The second-order valence-electron chi connectivity index (χ2n) is 10.8. The molecule has 2 aliphatic rings. The number of rotatable bonds is 6. The van der Waals surface area contributed by atoms with Crippen LogP contribution in [-0.4, -0.2) is 52.1 Å². The highest BCUT2D eigenvalue weighted by atomic mass is 19.4. The van der Waals surface area contributed by atoms with Gasteiger partial charge in [0.1, 0.15) is 12.4 Å².